The number of fused-ring (bicyclic) bond motifs is 5. The predicted octanol–water partition coefficient (Wildman–Crippen LogP) is 6.94. The van der Waals surface area contributed by atoms with Crippen LogP contribution in [-0.4, -0.2) is 12.4 Å². The van der Waals surface area contributed by atoms with Crippen molar-refractivity contribution in [1.82, 2.24) is 0 Å². The molecule has 0 heterocycles. The molecule has 1 aromatic carbocycles. The molecular weight excluding hydrogens is 332 g/mol. The number of ether oxygens (including phenoxy) is 2. The Morgan fingerprint density at radius 2 is 1.81 bits per heavy atom. The van der Waals surface area contributed by atoms with Gasteiger partial charge in [-0.25, -0.2) is 0 Å². The van der Waals surface area contributed by atoms with Gasteiger partial charge in [0.15, 0.2) is 0 Å². The van der Waals surface area contributed by atoms with Crippen molar-refractivity contribution in [2.45, 2.75) is 97.4 Å². The minimum absolute atomic E-state index is 0.0833. The molecule has 2 bridgehead atoms. The first-order valence-electron chi connectivity index (χ1n) is 11.5. The molecule has 7 unspecified atom stereocenters. The van der Waals surface area contributed by atoms with E-state index >= 15 is 0 Å². The third-order valence-corrected chi connectivity index (χ3v) is 8.24. The molecule has 0 aromatic heterocycles. The molecule has 3 aliphatic carbocycles. The highest BCUT2D eigenvalue weighted by Gasteiger charge is 2.63. The average molecular weight is 371 g/mol. The summed E-state index contributed by atoms with van der Waals surface area (Å²) in [6, 6.07) is 8.81. The number of benzene rings is 1. The molecule has 0 N–H and O–H groups in total. The van der Waals surface area contributed by atoms with Crippen LogP contribution in [0.15, 0.2) is 24.3 Å². The van der Waals surface area contributed by atoms with Gasteiger partial charge in [0, 0.05) is 5.41 Å². The molecular formula is C25H38O2. The van der Waals surface area contributed by atoms with Crippen LogP contribution >= 0.6 is 0 Å². The minimum Gasteiger partial charge on any atom is -0.464 e. The van der Waals surface area contributed by atoms with Gasteiger partial charge in [0.25, 0.3) is 0 Å². The quantitative estimate of drug-likeness (QED) is 0.462. The van der Waals surface area contributed by atoms with Crippen molar-refractivity contribution in [3.05, 3.63) is 29.8 Å². The molecule has 0 amide bonds. The molecule has 2 nitrogen and oxygen atoms in total. The van der Waals surface area contributed by atoms with E-state index in [-0.39, 0.29) is 17.8 Å². The van der Waals surface area contributed by atoms with E-state index < -0.39 is 0 Å². The second-order valence-corrected chi connectivity index (χ2v) is 9.62. The zero-order valence-electron chi connectivity index (χ0n) is 17.7. The molecule has 3 fully saturated rings. The van der Waals surface area contributed by atoms with Crippen molar-refractivity contribution in [1.29, 1.82) is 0 Å². The van der Waals surface area contributed by atoms with E-state index in [2.05, 4.69) is 52.0 Å². The first-order chi connectivity index (χ1) is 13.1. The van der Waals surface area contributed by atoms with E-state index in [1.165, 1.54) is 50.5 Å². The van der Waals surface area contributed by atoms with Crippen molar-refractivity contribution < 1.29 is 9.47 Å². The highest BCUT2D eigenvalue weighted by Crippen LogP contribution is 2.67. The Hall–Kier alpha value is -1.02. The lowest BCUT2D eigenvalue weighted by Crippen LogP contribution is -2.45. The summed E-state index contributed by atoms with van der Waals surface area (Å²) in [5, 5.41) is 0. The molecule has 0 radical (unpaired) electrons. The molecule has 0 aliphatic heterocycles. The van der Waals surface area contributed by atoms with E-state index in [1.54, 1.807) is 0 Å². The number of hydrogen-bond donors (Lipinski definition) is 0. The lowest BCUT2D eigenvalue weighted by molar-refractivity contribution is -0.195. The van der Waals surface area contributed by atoms with Gasteiger partial charge in [0.2, 0.25) is 6.29 Å². The minimum atomic E-state index is -0.0833. The van der Waals surface area contributed by atoms with Gasteiger partial charge in [-0.15, -0.1) is 0 Å². The molecule has 1 aromatic rings. The van der Waals surface area contributed by atoms with Gasteiger partial charge in [0.05, 0.1) is 6.10 Å². The SMILES string of the molecule is CCC(C)OC(Oc1ccc(C(C)CC)cc1)C12CCC(C1)C1CCCC12. The topological polar surface area (TPSA) is 18.5 Å². The number of rotatable bonds is 8. The zero-order valence-corrected chi connectivity index (χ0v) is 17.7. The summed E-state index contributed by atoms with van der Waals surface area (Å²) in [5.74, 6) is 4.28. The first-order valence-corrected chi connectivity index (χ1v) is 11.5. The van der Waals surface area contributed by atoms with E-state index in [0.717, 1.165) is 29.9 Å². The Bertz CT molecular complexity index is 624. The van der Waals surface area contributed by atoms with Gasteiger partial charge in [-0.1, -0.05) is 39.3 Å². The summed E-state index contributed by atoms with van der Waals surface area (Å²) in [6.45, 7) is 8.96. The van der Waals surface area contributed by atoms with Crippen LogP contribution in [0.25, 0.3) is 0 Å². The summed E-state index contributed by atoms with van der Waals surface area (Å²) in [5.41, 5.74) is 1.66. The Balaban J connectivity index is 1.56. The van der Waals surface area contributed by atoms with Crippen LogP contribution < -0.4 is 4.74 Å². The molecule has 150 valence electrons. The average Bonchev–Trinajstić information content (AvgIpc) is 3.40. The van der Waals surface area contributed by atoms with Gasteiger partial charge < -0.3 is 9.47 Å². The Morgan fingerprint density at radius 3 is 2.52 bits per heavy atom. The zero-order chi connectivity index (χ0) is 19.0. The number of hydrogen-bond acceptors (Lipinski definition) is 2. The third kappa shape index (κ3) is 3.43. The van der Waals surface area contributed by atoms with Crippen molar-refractivity contribution in [2.75, 3.05) is 0 Å². The van der Waals surface area contributed by atoms with Gasteiger partial charge in [0.1, 0.15) is 5.75 Å². The summed E-state index contributed by atoms with van der Waals surface area (Å²) >= 11 is 0. The monoisotopic (exact) mass is 370 g/mol. The highest BCUT2D eigenvalue weighted by molar-refractivity contribution is 5.29. The lowest BCUT2D eigenvalue weighted by atomic mass is 9.71. The Labute approximate surface area is 166 Å². The molecule has 7 atom stereocenters. The van der Waals surface area contributed by atoms with Crippen LogP contribution in [0.1, 0.15) is 90.5 Å². The van der Waals surface area contributed by atoms with E-state index in [1.807, 2.05) is 0 Å². The fourth-order valence-corrected chi connectivity index (χ4v) is 6.33. The second kappa shape index (κ2) is 7.78. The molecule has 2 heteroatoms. The fourth-order valence-electron chi connectivity index (χ4n) is 6.33. The predicted molar refractivity (Wildman–Crippen MR) is 111 cm³/mol. The molecule has 0 spiro atoms. The van der Waals surface area contributed by atoms with Crippen LogP contribution in [-0.2, 0) is 4.74 Å². The van der Waals surface area contributed by atoms with Crippen LogP contribution in [0, 0.1) is 23.2 Å². The molecule has 0 saturated heterocycles. The van der Waals surface area contributed by atoms with Crippen molar-refractivity contribution >= 4 is 0 Å². The van der Waals surface area contributed by atoms with Crippen LogP contribution in [0.4, 0.5) is 0 Å². The van der Waals surface area contributed by atoms with Crippen LogP contribution in [0.2, 0.25) is 0 Å². The lowest BCUT2D eigenvalue weighted by Gasteiger charge is -2.42. The van der Waals surface area contributed by atoms with E-state index in [9.17, 15) is 0 Å². The van der Waals surface area contributed by atoms with Gasteiger partial charge in [-0.2, -0.15) is 0 Å². The first kappa shape index (κ1) is 19.3. The normalized spacial score (nSPS) is 35.0. The standard InChI is InChI=1S/C25H38O2/c1-5-17(3)19-10-12-21(13-11-19)27-24(26-18(4)6-2)25-15-14-20(16-25)22-8-7-9-23(22)25/h10-13,17-18,20,22-24H,5-9,14-16H2,1-4H3. The van der Waals surface area contributed by atoms with Gasteiger partial charge >= 0.3 is 0 Å². The summed E-state index contributed by atoms with van der Waals surface area (Å²) in [6.07, 6.45) is 10.6. The van der Waals surface area contributed by atoms with Crippen LogP contribution in [0.5, 0.6) is 5.75 Å². The van der Waals surface area contributed by atoms with Crippen molar-refractivity contribution in [3.8, 4) is 5.75 Å². The Morgan fingerprint density at radius 1 is 1.04 bits per heavy atom. The molecule has 3 aliphatic rings. The molecule has 27 heavy (non-hydrogen) atoms. The van der Waals surface area contributed by atoms with Crippen molar-refractivity contribution in [2.24, 2.45) is 23.2 Å². The molecule has 3 saturated carbocycles. The maximum atomic E-state index is 6.65. The second-order valence-electron chi connectivity index (χ2n) is 9.62. The third-order valence-electron chi connectivity index (χ3n) is 8.24. The van der Waals surface area contributed by atoms with Gasteiger partial charge in [-0.05, 0) is 93.2 Å². The summed E-state index contributed by atoms with van der Waals surface area (Å²) in [4.78, 5) is 0. The van der Waals surface area contributed by atoms with Crippen LogP contribution in [0.3, 0.4) is 0 Å². The Kier molecular flexibility index (Phi) is 5.56. The summed E-state index contributed by atoms with van der Waals surface area (Å²) < 4.78 is 13.2. The maximum absolute atomic E-state index is 6.65. The molecule has 4 rings (SSSR count). The smallest absolute Gasteiger partial charge is 0.206 e. The highest BCUT2D eigenvalue weighted by atomic mass is 16.7. The largest absolute Gasteiger partial charge is 0.464 e. The van der Waals surface area contributed by atoms with Gasteiger partial charge in [-0.3, -0.25) is 0 Å². The maximum Gasteiger partial charge on any atom is 0.206 e. The van der Waals surface area contributed by atoms with Crippen molar-refractivity contribution in [3.63, 3.8) is 0 Å². The van der Waals surface area contributed by atoms with E-state index in [4.69, 9.17) is 9.47 Å². The van der Waals surface area contributed by atoms with E-state index in [0.29, 0.717) is 5.92 Å². The summed E-state index contributed by atoms with van der Waals surface area (Å²) in [7, 11) is 0. The fraction of sp³-hybridized carbons (Fsp3) is 0.760.